The Hall–Kier alpha value is -3.59. The third-order valence-electron chi connectivity index (χ3n) is 5.39. The molecule has 2 aliphatic rings. The first-order valence-corrected chi connectivity index (χ1v) is 9.86. The molecule has 0 aliphatic carbocycles. The predicted octanol–water partition coefficient (Wildman–Crippen LogP) is 2.24. The summed E-state index contributed by atoms with van der Waals surface area (Å²) < 4.78 is 5.63. The van der Waals surface area contributed by atoms with Crippen molar-refractivity contribution in [2.45, 2.75) is 19.0 Å². The maximum absolute atomic E-state index is 12.6. The normalized spacial score (nSPS) is 17.4. The molecular weight excluding hydrogens is 382 g/mol. The minimum absolute atomic E-state index is 0.165. The highest BCUT2D eigenvalue weighted by atomic mass is 16.4. The van der Waals surface area contributed by atoms with E-state index in [0.717, 1.165) is 28.8 Å². The molecule has 0 radical (unpaired) electrons. The van der Waals surface area contributed by atoms with Gasteiger partial charge in [-0.25, -0.2) is 15.0 Å². The van der Waals surface area contributed by atoms with E-state index in [1.807, 2.05) is 37.5 Å². The molecule has 2 aliphatic heterocycles. The highest BCUT2D eigenvalue weighted by molar-refractivity contribution is 5.92. The minimum atomic E-state index is -0.165. The number of carbonyl (C=O) groups is 1. The molecule has 30 heavy (non-hydrogen) atoms. The summed E-state index contributed by atoms with van der Waals surface area (Å²) in [7, 11) is 1.90. The number of likely N-dealkylation sites (N-methyl/N-ethyl adjacent to an activating group) is 1. The van der Waals surface area contributed by atoms with Gasteiger partial charge in [-0.1, -0.05) is 24.3 Å². The zero-order valence-corrected chi connectivity index (χ0v) is 16.5. The van der Waals surface area contributed by atoms with Crippen molar-refractivity contribution in [2.75, 3.05) is 25.5 Å². The first kappa shape index (κ1) is 18.4. The van der Waals surface area contributed by atoms with Crippen LogP contribution in [-0.2, 0) is 6.54 Å². The van der Waals surface area contributed by atoms with Gasteiger partial charge in [0, 0.05) is 48.2 Å². The Bertz CT molecular complexity index is 1120. The van der Waals surface area contributed by atoms with Crippen molar-refractivity contribution in [3.63, 3.8) is 0 Å². The van der Waals surface area contributed by atoms with Crippen LogP contribution < -0.4 is 10.6 Å². The zero-order valence-electron chi connectivity index (χ0n) is 16.5. The Kier molecular flexibility index (Phi) is 4.72. The summed E-state index contributed by atoms with van der Waals surface area (Å²) in [6.45, 7) is 1.88. The number of carbonyl (C=O) groups excluding carboxylic acids is 1. The number of hydrogen-bond acceptors (Lipinski definition) is 8. The monoisotopic (exact) mass is 403 g/mol. The van der Waals surface area contributed by atoms with Gasteiger partial charge in [-0.05, 0) is 13.5 Å². The standard InChI is InChI=1S/C21H21N7O2/c1-22-15-6-7-28(12-15)19(29)17-11-25-21(30-17)27-20-24-10-14-9-23-8-13-4-2-3-5-16(13)18(14)26-20/h2-5,8,10-11,15,22H,6-7,9,12H2,1H3,(H,24,25,26,27). The fourth-order valence-corrected chi connectivity index (χ4v) is 3.75. The summed E-state index contributed by atoms with van der Waals surface area (Å²) in [5.74, 6) is 0.382. The molecule has 2 aromatic heterocycles. The Labute approximate surface area is 173 Å². The lowest BCUT2D eigenvalue weighted by Crippen LogP contribution is -2.33. The van der Waals surface area contributed by atoms with Gasteiger partial charge in [-0.2, -0.15) is 0 Å². The molecule has 0 bridgehead atoms. The van der Waals surface area contributed by atoms with E-state index in [2.05, 4.69) is 30.6 Å². The number of aromatic nitrogens is 3. The van der Waals surface area contributed by atoms with E-state index in [1.54, 1.807) is 11.1 Å². The van der Waals surface area contributed by atoms with Crippen LogP contribution in [0.25, 0.3) is 11.3 Å². The van der Waals surface area contributed by atoms with Crippen LogP contribution in [0.5, 0.6) is 0 Å². The number of oxazole rings is 1. The molecule has 1 saturated heterocycles. The number of amides is 1. The van der Waals surface area contributed by atoms with Crippen LogP contribution >= 0.6 is 0 Å². The third kappa shape index (κ3) is 3.43. The fraction of sp³-hybridized carbons (Fsp3) is 0.286. The maximum atomic E-state index is 12.6. The SMILES string of the molecule is CNC1CCN(C(=O)c2cnc(Nc3ncc4c(n3)-c3ccccc3C=NC4)o2)C1. The Morgan fingerprint density at radius 3 is 3.00 bits per heavy atom. The molecule has 1 amide bonds. The quantitative estimate of drug-likeness (QED) is 0.688. The van der Waals surface area contributed by atoms with Gasteiger partial charge in [0.25, 0.3) is 5.91 Å². The van der Waals surface area contributed by atoms with Crippen LogP contribution in [-0.4, -0.2) is 58.2 Å². The number of nitrogens with zero attached hydrogens (tertiary/aromatic N) is 5. The van der Waals surface area contributed by atoms with Gasteiger partial charge in [0.15, 0.2) is 0 Å². The molecule has 1 unspecified atom stereocenters. The number of likely N-dealkylation sites (tertiary alicyclic amines) is 1. The van der Waals surface area contributed by atoms with E-state index < -0.39 is 0 Å². The van der Waals surface area contributed by atoms with Crippen LogP contribution in [0.1, 0.15) is 28.1 Å². The molecular formula is C21H21N7O2. The average Bonchev–Trinajstić information content (AvgIpc) is 3.40. The van der Waals surface area contributed by atoms with Crippen LogP contribution in [0, 0.1) is 0 Å². The smallest absolute Gasteiger partial charge is 0.302 e. The van der Waals surface area contributed by atoms with E-state index in [1.165, 1.54) is 6.20 Å². The molecule has 3 aromatic rings. The molecule has 1 aromatic carbocycles. The van der Waals surface area contributed by atoms with Gasteiger partial charge >= 0.3 is 6.01 Å². The lowest BCUT2D eigenvalue weighted by molar-refractivity contribution is 0.0759. The summed E-state index contributed by atoms with van der Waals surface area (Å²) in [4.78, 5) is 32.0. The number of aliphatic imine (C=N–C) groups is 1. The third-order valence-corrected chi connectivity index (χ3v) is 5.39. The highest BCUT2D eigenvalue weighted by Crippen LogP contribution is 2.28. The van der Waals surface area contributed by atoms with Crippen LogP contribution in [0.2, 0.25) is 0 Å². The second-order valence-corrected chi connectivity index (χ2v) is 7.30. The molecule has 0 spiro atoms. The van der Waals surface area contributed by atoms with Gasteiger partial charge in [-0.15, -0.1) is 0 Å². The van der Waals surface area contributed by atoms with E-state index >= 15 is 0 Å². The summed E-state index contributed by atoms with van der Waals surface area (Å²) in [5, 5.41) is 6.16. The molecule has 1 atom stereocenters. The van der Waals surface area contributed by atoms with Gasteiger partial charge in [0.05, 0.1) is 18.4 Å². The predicted molar refractivity (Wildman–Crippen MR) is 112 cm³/mol. The molecule has 5 rings (SSSR count). The number of fused-ring (bicyclic) bond motifs is 3. The van der Waals surface area contributed by atoms with Gasteiger partial charge in [-0.3, -0.25) is 15.1 Å². The molecule has 1 fully saturated rings. The van der Waals surface area contributed by atoms with Crippen LogP contribution in [0.4, 0.5) is 12.0 Å². The topological polar surface area (TPSA) is 109 Å². The Balaban J connectivity index is 1.36. The van der Waals surface area contributed by atoms with Crippen molar-refractivity contribution < 1.29 is 9.21 Å². The van der Waals surface area contributed by atoms with Crippen molar-refractivity contribution in [3.8, 4) is 11.3 Å². The van der Waals surface area contributed by atoms with E-state index in [0.29, 0.717) is 31.6 Å². The number of nitrogens with one attached hydrogen (secondary N) is 2. The molecule has 2 N–H and O–H groups in total. The summed E-state index contributed by atoms with van der Waals surface area (Å²) >= 11 is 0. The van der Waals surface area contributed by atoms with Gasteiger partial charge in [0.2, 0.25) is 11.7 Å². The average molecular weight is 403 g/mol. The fourth-order valence-electron chi connectivity index (χ4n) is 3.75. The van der Waals surface area contributed by atoms with E-state index in [4.69, 9.17) is 4.42 Å². The molecule has 152 valence electrons. The Morgan fingerprint density at radius 1 is 1.23 bits per heavy atom. The minimum Gasteiger partial charge on any atom is -0.418 e. The zero-order chi connectivity index (χ0) is 20.5. The summed E-state index contributed by atoms with van der Waals surface area (Å²) in [6, 6.07) is 8.46. The second-order valence-electron chi connectivity index (χ2n) is 7.30. The molecule has 4 heterocycles. The van der Waals surface area contributed by atoms with E-state index in [-0.39, 0.29) is 17.7 Å². The maximum Gasteiger partial charge on any atom is 0.302 e. The van der Waals surface area contributed by atoms with Crippen molar-refractivity contribution in [3.05, 3.63) is 53.5 Å². The second kappa shape index (κ2) is 7.68. The number of rotatable bonds is 4. The largest absolute Gasteiger partial charge is 0.418 e. The van der Waals surface area contributed by atoms with Crippen molar-refractivity contribution in [1.82, 2.24) is 25.2 Å². The lowest BCUT2D eigenvalue weighted by atomic mass is 10.0. The summed E-state index contributed by atoms with van der Waals surface area (Å²) in [5.41, 5.74) is 3.77. The van der Waals surface area contributed by atoms with Crippen molar-refractivity contribution in [1.29, 1.82) is 0 Å². The number of anilines is 2. The number of benzene rings is 1. The molecule has 0 saturated carbocycles. The van der Waals surface area contributed by atoms with Gasteiger partial charge < -0.3 is 14.6 Å². The lowest BCUT2D eigenvalue weighted by Gasteiger charge is -2.14. The number of hydrogen-bond donors (Lipinski definition) is 2. The van der Waals surface area contributed by atoms with Crippen LogP contribution in [0.15, 0.2) is 46.1 Å². The Morgan fingerprint density at radius 2 is 2.13 bits per heavy atom. The van der Waals surface area contributed by atoms with Crippen LogP contribution in [0.3, 0.4) is 0 Å². The van der Waals surface area contributed by atoms with Crippen molar-refractivity contribution >= 4 is 24.1 Å². The van der Waals surface area contributed by atoms with E-state index in [9.17, 15) is 4.79 Å². The molecule has 9 heteroatoms. The highest BCUT2D eigenvalue weighted by Gasteiger charge is 2.28. The first-order valence-electron chi connectivity index (χ1n) is 9.86. The first-order chi connectivity index (χ1) is 14.7. The van der Waals surface area contributed by atoms with Crippen molar-refractivity contribution in [2.24, 2.45) is 4.99 Å². The summed E-state index contributed by atoms with van der Waals surface area (Å²) in [6.07, 6.45) is 5.97. The molecule has 9 nitrogen and oxygen atoms in total. The van der Waals surface area contributed by atoms with Gasteiger partial charge in [0.1, 0.15) is 0 Å².